The molecule has 0 bridgehead atoms. The number of thiophene rings is 1. The molecule has 1 aromatic heterocycles. The van der Waals surface area contributed by atoms with Crippen LogP contribution in [-0.2, 0) is 11.3 Å². The van der Waals surface area contributed by atoms with E-state index in [1.807, 2.05) is 17.5 Å². The molecule has 20 heavy (non-hydrogen) atoms. The number of benzene rings is 1. The van der Waals surface area contributed by atoms with Gasteiger partial charge < -0.3 is 10.2 Å². The summed E-state index contributed by atoms with van der Waals surface area (Å²) in [4.78, 5) is 26.0. The van der Waals surface area contributed by atoms with E-state index >= 15 is 0 Å². The number of nitrogens with zero attached hydrogens (tertiary/aromatic N) is 1. The van der Waals surface area contributed by atoms with Crippen molar-refractivity contribution < 1.29 is 9.59 Å². The van der Waals surface area contributed by atoms with Gasteiger partial charge in [0.05, 0.1) is 6.54 Å². The molecule has 0 atom stereocenters. The minimum atomic E-state index is -0.126. The van der Waals surface area contributed by atoms with E-state index in [1.165, 1.54) is 6.92 Å². The van der Waals surface area contributed by atoms with E-state index in [1.54, 1.807) is 47.5 Å². The van der Waals surface area contributed by atoms with E-state index in [0.29, 0.717) is 17.8 Å². The Labute approximate surface area is 122 Å². The zero-order chi connectivity index (χ0) is 14.5. The average Bonchev–Trinajstić information content (AvgIpc) is 2.91. The molecule has 1 aromatic carbocycles. The monoisotopic (exact) mass is 288 g/mol. The van der Waals surface area contributed by atoms with Crippen LogP contribution in [0.25, 0.3) is 0 Å². The van der Waals surface area contributed by atoms with Crippen molar-refractivity contribution in [1.29, 1.82) is 0 Å². The predicted molar refractivity (Wildman–Crippen MR) is 80.9 cm³/mol. The number of carbonyl (C=O) groups is 2. The molecule has 0 aliphatic carbocycles. The molecule has 0 saturated carbocycles. The van der Waals surface area contributed by atoms with Crippen LogP contribution in [0.3, 0.4) is 0 Å². The van der Waals surface area contributed by atoms with Gasteiger partial charge in [0.2, 0.25) is 5.91 Å². The quantitative estimate of drug-likeness (QED) is 0.940. The fourth-order valence-electron chi connectivity index (χ4n) is 1.83. The van der Waals surface area contributed by atoms with Gasteiger partial charge in [0.15, 0.2) is 0 Å². The molecule has 2 amide bonds. The summed E-state index contributed by atoms with van der Waals surface area (Å²) in [5.41, 5.74) is 1.30. The Bertz CT molecular complexity index is 591. The lowest BCUT2D eigenvalue weighted by Gasteiger charge is -2.16. The Morgan fingerprint density at radius 1 is 1.20 bits per heavy atom. The minimum Gasteiger partial charge on any atom is -0.337 e. The van der Waals surface area contributed by atoms with Crippen molar-refractivity contribution in [3.05, 3.63) is 52.2 Å². The Kier molecular flexibility index (Phi) is 4.53. The first-order valence-corrected chi connectivity index (χ1v) is 7.10. The molecule has 2 rings (SSSR count). The van der Waals surface area contributed by atoms with Crippen molar-refractivity contribution in [2.75, 3.05) is 12.4 Å². The van der Waals surface area contributed by atoms with Crippen molar-refractivity contribution >= 4 is 28.8 Å². The lowest BCUT2D eigenvalue weighted by Crippen LogP contribution is -2.25. The molecule has 5 heteroatoms. The number of hydrogen-bond acceptors (Lipinski definition) is 3. The molecule has 0 unspecified atom stereocenters. The highest BCUT2D eigenvalue weighted by Crippen LogP contribution is 2.15. The number of hydrogen-bond donors (Lipinski definition) is 1. The SMILES string of the molecule is CC(=O)Nc1ccc(C(=O)N(C)Cc2cccs2)cc1. The van der Waals surface area contributed by atoms with Gasteiger partial charge in [-0.1, -0.05) is 6.07 Å². The van der Waals surface area contributed by atoms with E-state index in [9.17, 15) is 9.59 Å². The first kappa shape index (κ1) is 14.3. The average molecular weight is 288 g/mol. The van der Waals surface area contributed by atoms with Gasteiger partial charge in [-0.05, 0) is 35.7 Å². The van der Waals surface area contributed by atoms with Crippen molar-refractivity contribution in [2.24, 2.45) is 0 Å². The number of nitrogens with one attached hydrogen (secondary N) is 1. The van der Waals surface area contributed by atoms with Crippen LogP contribution in [0.15, 0.2) is 41.8 Å². The highest BCUT2D eigenvalue weighted by atomic mass is 32.1. The third kappa shape index (κ3) is 3.68. The molecule has 104 valence electrons. The third-order valence-corrected chi connectivity index (χ3v) is 3.63. The Morgan fingerprint density at radius 2 is 1.90 bits per heavy atom. The standard InChI is InChI=1S/C15H16N2O2S/c1-11(18)16-13-7-5-12(6-8-13)15(19)17(2)10-14-4-3-9-20-14/h3-9H,10H2,1-2H3,(H,16,18). The lowest BCUT2D eigenvalue weighted by molar-refractivity contribution is -0.114. The second kappa shape index (κ2) is 6.34. The van der Waals surface area contributed by atoms with Crippen LogP contribution in [-0.4, -0.2) is 23.8 Å². The van der Waals surface area contributed by atoms with Crippen molar-refractivity contribution in [2.45, 2.75) is 13.5 Å². The largest absolute Gasteiger partial charge is 0.337 e. The summed E-state index contributed by atoms with van der Waals surface area (Å²) >= 11 is 1.63. The number of anilines is 1. The molecule has 0 aliphatic heterocycles. The summed E-state index contributed by atoms with van der Waals surface area (Å²) in [6.45, 7) is 2.05. The van der Waals surface area contributed by atoms with Crippen LogP contribution >= 0.6 is 11.3 Å². The van der Waals surface area contributed by atoms with Gasteiger partial charge in [-0.25, -0.2) is 0 Å². The van der Waals surface area contributed by atoms with Gasteiger partial charge >= 0.3 is 0 Å². The molecule has 0 aliphatic rings. The smallest absolute Gasteiger partial charge is 0.253 e. The van der Waals surface area contributed by atoms with Gasteiger partial charge in [-0.3, -0.25) is 9.59 Å². The lowest BCUT2D eigenvalue weighted by atomic mass is 10.2. The van der Waals surface area contributed by atoms with E-state index in [4.69, 9.17) is 0 Å². The Hall–Kier alpha value is -2.14. The Balaban J connectivity index is 2.03. The van der Waals surface area contributed by atoms with Crippen LogP contribution in [0.5, 0.6) is 0 Å². The van der Waals surface area contributed by atoms with E-state index in [0.717, 1.165) is 4.88 Å². The molecule has 0 saturated heterocycles. The van der Waals surface area contributed by atoms with E-state index in [2.05, 4.69) is 5.32 Å². The molecule has 1 N–H and O–H groups in total. The normalized spacial score (nSPS) is 10.1. The Morgan fingerprint density at radius 3 is 2.45 bits per heavy atom. The maximum absolute atomic E-state index is 12.2. The van der Waals surface area contributed by atoms with Crippen LogP contribution in [0.4, 0.5) is 5.69 Å². The number of amides is 2. The molecule has 4 nitrogen and oxygen atoms in total. The van der Waals surface area contributed by atoms with Gasteiger partial charge in [0.25, 0.3) is 5.91 Å². The summed E-state index contributed by atoms with van der Waals surface area (Å²) in [6.07, 6.45) is 0. The van der Waals surface area contributed by atoms with Crippen molar-refractivity contribution in [3.8, 4) is 0 Å². The first-order valence-electron chi connectivity index (χ1n) is 6.22. The highest BCUT2D eigenvalue weighted by molar-refractivity contribution is 7.09. The third-order valence-electron chi connectivity index (χ3n) is 2.77. The zero-order valence-electron chi connectivity index (χ0n) is 11.4. The van der Waals surface area contributed by atoms with Crippen LogP contribution < -0.4 is 5.32 Å². The maximum Gasteiger partial charge on any atom is 0.253 e. The fraction of sp³-hybridized carbons (Fsp3) is 0.200. The summed E-state index contributed by atoms with van der Waals surface area (Å²) in [7, 11) is 1.78. The summed E-state index contributed by atoms with van der Waals surface area (Å²) in [6, 6.07) is 10.9. The van der Waals surface area contributed by atoms with Gasteiger partial charge in [0.1, 0.15) is 0 Å². The van der Waals surface area contributed by atoms with Crippen molar-refractivity contribution in [3.63, 3.8) is 0 Å². The van der Waals surface area contributed by atoms with Gasteiger partial charge in [0, 0.05) is 30.1 Å². The molecular formula is C15H16N2O2S. The molecule has 1 heterocycles. The zero-order valence-corrected chi connectivity index (χ0v) is 12.2. The molecule has 0 radical (unpaired) electrons. The molecule has 0 spiro atoms. The molecule has 0 fully saturated rings. The summed E-state index contributed by atoms with van der Waals surface area (Å²) < 4.78 is 0. The number of rotatable bonds is 4. The molecule has 2 aromatic rings. The van der Waals surface area contributed by atoms with Gasteiger partial charge in [-0.15, -0.1) is 11.3 Å². The van der Waals surface area contributed by atoms with Crippen LogP contribution in [0.1, 0.15) is 22.2 Å². The highest BCUT2D eigenvalue weighted by Gasteiger charge is 2.12. The topological polar surface area (TPSA) is 49.4 Å². The molecular weight excluding hydrogens is 272 g/mol. The van der Waals surface area contributed by atoms with Crippen LogP contribution in [0.2, 0.25) is 0 Å². The second-order valence-electron chi connectivity index (χ2n) is 4.50. The fourth-order valence-corrected chi connectivity index (χ4v) is 2.59. The first-order chi connectivity index (χ1) is 9.56. The van der Waals surface area contributed by atoms with Crippen LogP contribution in [0, 0.1) is 0 Å². The van der Waals surface area contributed by atoms with E-state index < -0.39 is 0 Å². The number of carbonyl (C=O) groups excluding carboxylic acids is 2. The predicted octanol–water partition coefficient (Wildman–Crippen LogP) is 2.98. The van der Waals surface area contributed by atoms with Crippen molar-refractivity contribution in [1.82, 2.24) is 4.90 Å². The minimum absolute atomic E-state index is 0.0345. The van der Waals surface area contributed by atoms with Gasteiger partial charge in [-0.2, -0.15) is 0 Å². The second-order valence-corrected chi connectivity index (χ2v) is 5.53. The maximum atomic E-state index is 12.2. The van der Waals surface area contributed by atoms with E-state index in [-0.39, 0.29) is 11.8 Å². The summed E-state index contributed by atoms with van der Waals surface area (Å²) in [5.74, 6) is -0.160. The summed E-state index contributed by atoms with van der Waals surface area (Å²) in [5, 5.41) is 4.67.